The van der Waals surface area contributed by atoms with Crippen LogP contribution in [-0.2, 0) is 14.8 Å². The van der Waals surface area contributed by atoms with Crippen molar-refractivity contribution in [2.45, 2.75) is 23.8 Å². The van der Waals surface area contributed by atoms with Gasteiger partial charge in [0.05, 0.1) is 21.7 Å². The van der Waals surface area contributed by atoms with E-state index < -0.39 is 16.0 Å². The highest BCUT2D eigenvalue weighted by molar-refractivity contribution is 7.89. The molecule has 0 aromatic heterocycles. The number of carboxylic acids is 1. The number of nitrogens with zero attached hydrogens (tertiary/aromatic N) is 1. The number of ether oxygens (including phenoxy) is 1. The van der Waals surface area contributed by atoms with Gasteiger partial charge in [-0.05, 0) is 25.0 Å². The van der Waals surface area contributed by atoms with E-state index in [1.54, 1.807) is 7.11 Å². The first-order valence-electron chi connectivity index (χ1n) is 6.52. The molecular weight excluding hydrogens is 353 g/mol. The summed E-state index contributed by atoms with van der Waals surface area (Å²) < 4.78 is 31.8. The number of benzene rings is 1. The van der Waals surface area contributed by atoms with Crippen LogP contribution in [0.25, 0.3) is 0 Å². The maximum Gasteiger partial charge on any atom is 0.337 e. The van der Waals surface area contributed by atoms with E-state index >= 15 is 0 Å². The van der Waals surface area contributed by atoms with E-state index in [-0.39, 0.29) is 26.6 Å². The minimum absolute atomic E-state index is 0.0294. The maximum atomic E-state index is 12.7. The number of aromatic carboxylic acids is 1. The van der Waals surface area contributed by atoms with Crippen molar-refractivity contribution in [3.8, 4) is 0 Å². The van der Waals surface area contributed by atoms with E-state index in [0.717, 1.165) is 12.1 Å². The monoisotopic (exact) mass is 367 g/mol. The second-order valence-electron chi connectivity index (χ2n) is 4.91. The first-order chi connectivity index (χ1) is 10.3. The van der Waals surface area contributed by atoms with Crippen LogP contribution in [0.1, 0.15) is 23.2 Å². The fraction of sp³-hybridized carbons (Fsp3) is 0.462. The minimum Gasteiger partial charge on any atom is -0.478 e. The Morgan fingerprint density at radius 1 is 1.27 bits per heavy atom. The zero-order valence-electron chi connectivity index (χ0n) is 11.8. The van der Waals surface area contributed by atoms with E-state index in [1.165, 1.54) is 4.31 Å². The summed E-state index contributed by atoms with van der Waals surface area (Å²) in [5.41, 5.74) is -0.295. The number of methoxy groups -OCH3 is 1. The molecule has 9 heteroatoms. The second-order valence-corrected chi connectivity index (χ2v) is 7.63. The molecule has 1 N–H and O–H groups in total. The van der Waals surface area contributed by atoms with Crippen molar-refractivity contribution in [1.82, 2.24) is 4.31 Å². The molecule has 2 rings (SSSR count). The quantitative estimate of drug-likeness (QED) is 0.883. The predicted molar refractivity (Wildman–Crippen MR) is 82.2 cm³/mol. The molecule has 1 heterocycles. The number of sulfonamides is 1. The number of rotatable bonds is 4. The largest absolute Gasteiger partial charge is 0.478 e. The summed E-state index contributed by atoms with van der Waals surface area (Å²) in [5, 5.41) is 8.88. The molecular formula is C13H15Cl2NO5S. The van der Waals surface area contributed by atoms with Crippen molar-refractivity contribution in [2.24, 2.45) is 0 Å². The van der Waals surface area contributed by atoms with E-state index in [1.807, 2.05) is 0 Å². The molecule has 0 bridgehead atoms. The number of piperidine rings is 1. The molecule has 1 aromatic rings. The first-order valence-corrected chi connectivity index (χ1v) is 8.72. The van der Waals surface area contributed by atoms with Crippen molar-refractivity contribution in [2.75, 3.05) is 20.2 Å². The van der Waals surface area contributed by atoms with Gasteiger partial charge in [0.2, 0.25) is 10.0 Å². The van der Waals surface area contributed by atoms with Crippen LogP contribution < -0.4 is 0 Å². The molecule has 0 atom stereocenters. The van der Waals surface area contributed by atoms with E-state index in [9.17, 15) is 13.2 Å². The lowest BCUT2D eigenvalue weighted by atomic mass is 10.1. The van der Waals surface area contributed by atoms with Crippen molar-refractivity contribution >= 4 is 39.2 Å². The average Bonchev–Trinajstić information content (AvgIpc) is 2.46. The highest BCUT2D eigenvalue weighted by atomic mass is 35.5. The van der Waals surface area contributed by atoms with Gasteiger partial charge in [-0.3, -0.25) is 0 Å². The molecule has 22 heavy (non-hydrogen) atoms. The molecule has 1 aliphatic rings. The van der Waals surface area contributed by atoms with Gasteiger partial charge in [0.15, 0.2) is 0 Å². The second kappa shape index (κ2) is 6.72. The lowest BCUT2D eigenvalue weighted by Gasteiger charge is -2.30. The Morgan fingerprint density at radius 3 is 2.36 bits per heavy atom. The van der Waals surface area contributed by atoms with Gasteiger partial charge in [-0.1, -0.05) is 23.2 Å². The summed E-state index contributed by atoms with van der Waals surface area (Å²) in [6, 6.07) is 2.14. The normalized spacial score (nSPS) is 17.6. The van der Waals surface area contributed by atoms with Crippen LogP contribution in [0.15, 0.2) is 17.0 Å². The topological polar surface area (TPSA) is 83.9 Å². The van der Waals surface area contributed by atoms with Gasteiger partial charge in [0.25, 0.3) is 0 Å². The summed E-state index contributed by atoms with van der Waals surface area (Å²) in [6.07, 6.45) is 1.18. The van der Waals surface area contributed by atoms with Gasteiger partial charge in [0.1, 0.15) is 4.90 Å². The van der Waals surface area contributed by atoms with Crippen molar-refractivity contribution in [3.63, 3.8) is 0 Å². The van der Waals surface area contributed by atoms with Crippen LogP contribution >= 0.6 is 23.2 Å². The molecule has 1 fully saturated rings. The van der Waals surface area contributed by atoms with Crippen LogP contribution in [0.2, 0.25) is 10.0 Å². The lowest BCUT2D eigenvalue weighted by Crippen LogP contribution is -2.40. The van der Waals surface area contributed by atoms with Gasteiger partial charge < -0.3 is 9.84 Å². The van der Waals surface area contributed by atoms with Crippen LogP contribution in [0, 0.1) is 0 Å². The van der Waals surface area contributed by atoms with Gasteiger partial charge in [-0.25, -0.2) is 13.2 Å². The number of hydrogen-bond donors (Lipinski definition) is 1. The maximum absolute atomic E-state index is 12.7. The van der Waals surface area contributed by atoms with Crippen LogP contribution in [0.3, 0.4) is 0 Å². The van der Waals surface area contributed by atoms with Gasteiger partial charge in [-0.2, -0.15) is 4.31 Å². The molecule has 0 spiro atoms. The standard InChI is InChI=1S/C13H15Cl2NO5S/c1-21-8-2-4-16(5-3-8)22(19,20)12-6-9(13(17)18)10(14)7-11(12)15/h6-8H,2-5H2,1H3,(H,17,18). The summed E-state index contributed by atoms with van der Waals surface area (Å²) >= 11 is 11.7. The Bertz CT molecular complexity index is 684. The fourth-order valence-corrected chi connectivity index (χ4v) is 4.64. The van der Waals surface area contributed by atoms with Gasteiger partial charge in [0, 0.05) is 20.2 Å². The third kappa shape index (κ3) is 3.38. The highest BCUT2D eigenvalue weighted by Crippen LogP contribution is 2.32. The van der Waals surface area contributed by atoms with Crippen molar-refractivity contribution in [3.05, 3.63) is 27.7 Å². The van der Waals surface area contributed by atoms with Crippen molar-refractivity contribution < 1.29 is 23.1 Å². The number of halogens is 2. The third-order valence-electron chi connectivity index (χ3n) is 3.60. The molecule has 0 amide bonds. The molecule has 0 saturated carbocycles. The van der Waals surface area contributed by atoms with E-state index in [4.69, 9.17) is 33.0 Å². The Kier molecular flexibility index (Phi) is 5.34. The third-order valence-corrected chi connectivity index (χ3v) is 6.28. The zero-order valence-corrected chi connectivity index (χ0v) is 14.1. The molecule has 0 unspecified atom stereocenters. The van der Waals surface area contributed by atoms with Crippen LogP contribution in [0.4, 0.5) is 0 Å². The first kappa shape index (κ1) is 17.5. The Morgan fingerprint density at radius 2 is 1.86 bits per heavy atom. The van der Waals surface area contributed by atoms with Crippen LogP contribution in [-0.4, -0.2) is 50.1 Å². The molecule has 122 valence electrons. The van der Waals surface area contributed by atoms with Gasteiger partial charge in [-0.15, -0.1) is 0 Å². The Labute approximate surface area is 138 Å². The molecule has 1 aromatic carbocycles. The smallest absolute Gasteiger partial charge is 0.337 e. The lowest BCUT2D eigenvalue weighted by molar-refractivity contribution is 0.0604. The molecule has 1 aliphatic heterocycles. The molecule has 0 radical (unpaired) electrons. The summed E-state index contributed by atoms with van der Waals surface area (Å²) in [5.74, 6) is -1.31. The SMILES string of the molecule is COC1CCN(S(=O)(=O)c2cc(C(=O)O)c(Cl)cc2Cl)CC1. The van der Waals surface area contributed by atoms with Gasteiger partial charge >= 0.3 is 5.97 Å². The minimum atomic E-state index is -3.87. The molecule has 6 nitrogen and oxygen atoms in total. The van der Waals surface area contributed by atoms with E-state index in [2.05, 4.69) is 0 Å². The van der Waals surface area contributed by atoms with E-state index in [0.29, 0.717) is 25.9 Å². The Balaban J connectivity index is 2.38. The summed E-state index contributed by atoms with van der Waals surface area (Å²) in [6.45, 7) is 0.588. The van der Waals surface area contributed by atoms with Crippen molar-refractivity contribution in [1.29, 1.82) is 0 Å². The van der Waals surface area contributed by atoms with Crippen LogP contribution in [0.5, 0.6) is 0 Å². The number of hydrogen-bond acceptors (Lipinski definition) is 4. The molecule has 1 saturated heterocycles. The summed E-state index contributed by atoms with van der Waals surface area (Å²) in [4.78, 5) is 10.9. The molecule has 0 aliphatic carbocycles. The average molecular weight is 368 g/mol. The fourth-order valence-electron chi connectivity index (χ4n) is 2.34. The zero-order chi connectivity index (χ0) is 16.5. The summed E-state index contributed by atoms with van der Waals surface area (Å²) in [7, 11) is -2.29. The highest BCUT2D eigenvalue weighted by Gasteiger charge is 2.32. The number of carbonyl (C=O) groups is 1. The Hall–Kier alpha value is -0.860. The number of carboxylic acid groups (broad SMARTS) is 1. The predicted octanol–water partition coefficient (Wildman–Crippen LogP) is 2.49.